The van der Waals surface area contributed by atoms with E-state index in [4.69, 9.17) is 5.73 Å². The van der Waals surface area contributed by atoms with Gasteiger partial charge in [0.1, 0.15) is 5.54 Å². The van der Waals surface area contributed by atoms with E-state index < -0.39 is 5.54 Å². The van der Waals surface area contributed by atoms with Gasteiger partial charge in [-0.05, 0) is 38.0 Å². The number of nitrogens with zero attached hydrogens (tertiary/aromatic N) is 1. The van der Waals surface area contributed by atoms with Crippen molar-refractivity contribution in [3.63, 3.8) is 0 Å². The van der Waals surface area contributed by atoms with Crippen LogP contribution in [-0.2, 0) is 4.79 Å². The van der Waals surface area contributed by atoms with Crippen molar-refractivity contribution in [2.45, 2.75) is 38.8 Å². The van der Waals surface area contributed by atoms with Crippen LogP contribution in [-0.4, -0.2) is 24.5 Å². The molecule has 0 aliphatic carbocycles. The average Bonchev–Trinajstić information content (AvgIpc) is 2.41. The van der Waals surface area contributed by atoms with Gasteiger partial charge in [0.2, 0.25) is 5.91 Å². The van der Waals surface area contributed by atoms with Gasteiger partial charge in [-0.15, -0.1) is 0 Å². The Bertz CT molecular complexity index is 453. The van der Waals surface area contributed by atoms with Crippen molar-refractivity contribution in [2.24, 2.45) is 5.73 Å². The molecule has 1 heterocycles. The fraction of sp³-hybridized carbons (Fsp3) is 0.533. The van der Waals surface area contributed by atoms with Gasteiger partial charge in [0.15, 0.2) is 0 Å². The van der Waals surface area contributed by atoms with Crippen LogP contribution < -0.4 is 16.0 Å². The normalized spacial score (nSPS) is 20.0. The molecule has 1 fully saturated rings. The van der Waals surface area contributed by atoms with Gasteiger partial charge >= 0.3 is 0 Å². The maximum Gasteiger partial charge on any atom is 0.245 e. The summed E-state index contributed by atoms with van der Waals surface area (Å²) in [6.45, 7) is 7.51. The lowest BCUT2D eigenvalue weighted by Crippen LogP contribution is -2.62. The number of hydrogen-bond acceptors (Lipinski definition) is 3. The van der Waals surface area contributed by atoms with E-state index in [2.05, 4.69) is 41.4 Å². The van der Waals surface area contributed by atoms with Gasteiger partial charge < -0.3 is 16.0 Å². The van der Waals surface area contributed by atoms with Crippen molar-refractivity contribution in [3.05, 3.63) is 29.8 Å². The minimum absolute atomic E-state index is 0.0769. The summed E-state index contributed by atoms with van der Waals surface area (Å²) < 4.78 is 0. The molecule has 0 bridgehead atoms. The largest absolute Gasteiger partial charge is 0.356 e. The predicted octanol–water partition coefficient (Wildman–Crippen LogP) is 1.81. The van der Waals surface area contributed by atoms with Crippen molar-refractivity contribution in [3.8, 4) is 0 Å². The molecule has 3 N–H and O–H groups in total. The fourth-order valence-electron chi connectivity index (χ4n) is 2.49. The minimum atomic E-state index is -0.507. The van der Waals surface area contributed by atoms with E-state index in [9.17, 15) is 4.79 Å². The quantitative estimate of drug-likeness (QED) is 0.872. The Morgan fingerprint density at radius 1 is 1.37 bits per heavy atom. The molecule has 1 aliphatic rings. The molecule has 0 spiro atoms. The van der Waals surface area contributed by atoms with Gasteiger partial charge in [0.25, 0.3) is 0 Å². The minimum Gasteiger partial charge on any atom is -0.356 e. The predicted molar refractivity (Wildman–Crippen MR) is 78.1 cm³/mol. The highest BCUT2D eigenvalue weighted by molar-refractivity contribution is 5.90. The molecular formula is C15H23N3O. The second-order valence-corrected chi connectivity index (χ2v) is 5.57. The highest BCUT2D eigenvalue weighted by atomic mass is 16.2. The van der Waals surface area contributed by atoms with Gasteiger partial charge in [0.05, 0.1) is 0 Å². The summed E-state index contributed by atoms with van der Waals surface area (Å²) in [7, 11) is 0. The number of hydrogen-bond donors (Lipinski definition) is 2. The molecule has 4 heteroatoms. The smallest absolute Gasteiger partial charge is 0.245 e. The molecule has 1 unspecified atom stereocenters. The van der Waals surface area contributed by atoms with Crippen LogP contribution in [0.3, 0.4) is 0 Å². The summed E-state index contributed by atoms with van der Waals surface area (Å²) in [6.07, 6.45) is 0.928. The summed E-state index contributed by atoms with van der Waals surface area (Å²) in [5, 5.41) is 2.91. The first kappa shape index (κ1) is 13.9. The number of carbonyl (C=O) groups excluding carboxylic acids is 1. The summed E-state index contributed by atoms with van der Waals surface area (Å²) in [5.74, 6) is 0.0769. The van der Waals surface area contributed by atoms with Crippen LogP contribution in [0.1, 0.15) is 38.8 Å². The SMILES string of the molecule is CCC(N)c1ccc(N2CCNC(=O)C2(C)C)cc1. The third-order valence-electron chi connectivity index (χ3n) is 3.92. The summed E-state index contributed by atoms with van der Waals surface area (Å²) in [5.41, 5.74) is 7.73. The lowest BCUT2D eigenvalue weighted by molar-refractivity contribution is -0.126. The van der Waals surface area contributed by atoms with Gasteiger partial charge in [-0.2, -0.15) is 0 Å². The van der Waals surface area contributed by atoms with Gasteiger partial charge in [0, 0.05) is 24.8 Å². The molecule has 0 aromatic heterocycles. The first-order valence-electron chi connectivity index (χ1n) is 6.88. The van der Waals surface area contributed by atoms with Crippen LogP contribution in [0.15, 0.2) is 24.3 Å². The van der Waals surface area contributed by atoms with Crippen molar-refractivity contribution in [1.82, 2.24) is 5.32 Å². The number of benzene rings is 1. The van der Waals surface area contributed by atoms with Crippen LogP contribution in [0, 0.1) is 0 Å². The maximum atomic E-state index is 11.9. The van der Waals surface area contributed by atoms with Gasteiger partial charge in [-0.25, -0.2) is 0 Å². The highest BCUT2D eigenvalue weighted by Crippen LogP contribution is 2.27. The molecule has 1 aromatic rings. The zero-order valence-electron chi connectivity index (χ0n) is 11.9. The second kappa shape index (κ2) is 5.21. The maximum absolute atomic E-state index is 11.9. The summed E-state index contributed by atoms with van der Waals surface area (Å²) in [6, 6.07) is 8.33. The zero-order valence-corrected chi connectivity index (χ0v) is 11.9. The molecule has 1 aliphatic heterocycles. The number of nitrogens with two attached hydrogens (primary N) is 1. The van der Waals surface area contributed by atoms with Crippen LogP contribution in [0.25, 0.3) is 0 Å². The number of anilines is 1. The number of carbonyl (C=O) groups is 1. The van der Waals surface area contributed by atoms with E-state index in [1.807, 2.05) is 13.8 Å². The Balaban J connectivity index is 2.24. The molecule has 1 aromatic carbocycles. The summed E-state index contributed by atoms with van der Waals surface area (Å²) >= 11 is 0. The first-order chi connectivity index (χ1) is 8.96. The van der Waals surface area contributed by atoms with E-state index in [1.165, 1.54) is 0 Å². The van der Waals surface area contributed by atoms with Crippen LogP contribution >= 0.6 is 0 Å². The van der Waals surface area contributed by atoms with E-state index >= 15 is 0 Å². The van der Waals surface area contributed by atoms with E-state index in [0.29, 0.717) is 6.54 Å². The second-order valence-electron chi connectivity index (χ2n) is 5.57. The Labute approximate surface area is 115 Å². The number of rotatable bonds is 3. The molecule has 1 saturated heterocycles. The van der Waals surface area contributed by atoms with E-state index in [0.717, 1.165) is 24.2 Å². The number of nitrogens with one attached hydrogen (secondary N) is 1. The molecule has 1 amide bonds. The Morgan fingerprint density at radius 2 is 2.00 bits per heavy atom. The van der Waals surface area contributed by atoms with Crippen molar-refractivity contribution >= 4 is 11.6 Å². The zero-order chi connectivity index (χ0) is 14.0. The third kappa shape index (κ3) is 2.59. The van der Waals surface area contributed by atoms with E-state index in [1.54, 1.807) is 0 Å². The Hall–Kier alpha value is -1.55. The van der Waals surface area contributed by atoms with Gasteiger partial charge in [-0.3, -0.25) is 4.79 Å². The molecule has 1 atom stereocenters. The Kier molecular flexibility index (Phi) is 3.80. The topological polar surface area (TPSA) is 58.4 Å². The van der Waals surface area contributed by atoms with Crippen molar-refractivity contribution in [1.29, 1.82) is 0 Å². The number of amides is 1. The van der Waals surface area contributed by atoms with Crippen LogP contribution in [0.4, 0.5) is 5.69 Å². The summed E-state index contributed by atoms with van der Waals surface area (Å²) in [4.78, 5) is 14.1. The monoisotopic (exact) mass is 261 g/mol. The fourth-order valence-corrected chi connectivity index (χ4v) is 2.49. The molecule has 2 rings (SSSR count). The van der Waals surface area contributed by atoms with Crippen LogP contribution in [0.5, 0.6) is 0 Å². The molecular weight excluding hydrogens is 238 g/mol. The molecule has 0 radical (unpaired) electrons. The molecule has 104 valence electrons. The van der Waals surface area contributed by atoms with Gasteiger partial charge in [-0.1, -0.05) is 19.1 Å². The number of piperazine rings is 1. The van der Waals surface area contributed by atoms with Crippen molar-refractivity contribution in [2.75, 3.05) is 18.0 Å². The lowest BCUT2D eigenvalue weighted by atomic mass is 9.97. The third-order valence-corrected chi connectivity index (χ3v) is 3.92. The molecule has 0 saturated carbocycles. The first-order valence-corrected chi connectivity index (χ1v) is 6.88. The average molecular weight is 261 g/mol. The molecule has 19 heavy (non-hydrogen) atoms. The van der Waals surface area contributed by atoms with Crippen LogP contribution in [0.2, 0.25) is 0 Å². The highest BCUT2D eigenvalue weighted by Gasteiger charge is 2.37. The van der Waals surface area contributed by atoms with E-state index in [-0.39, 0.29) is 11.9 Å². The molecule has 4 nitrogen and oxygen atoms in total. The Morgan fingerprint density at radius 3 is 2.58 bits per heavy atom. The lowest BCUT2D eigenvalue weighted by Gasteiger charge is -2.43. The van der Waals surface area contributed by atoms with Crippen molar-refractivity contribution < 1.29 is 4.79 Å². The standard InChI is InChI=1S/C15H23N3O/c1-4-13(16)11-5-7-12(8-6-11)18-10-9-17-14(19)15(18,2)3/h5-8,13H,4,9-10,16H2,1-3H3,(H,17,19).